The molecule has 0 aliphatic rings. The topological polar surface area (TPSA) is 41.9 Å². The Morgan fingerprint density at radius 3 is 2.70 bits per heavy atom. The molecule has 0 saturated heterocycles. The fourth-order valence-corrected chi connectivity index (χ4v) is 2.59. The van der Waals surface area contributed by atoms with Gasteiger partial charge in [-0.3, -0.25) is 4.68 Å². The summed E-state index contributed by atoms with van der Waals surface area (Å²) in [7, 11) is 0. The van der Waals surface area contributed by atoms with Crippen molar-refractivity contribution < 1.29 is 0 Å². The van der Waals surface area contributed by atoms with Crippen molar-refractivity contribution in [3.8, 4) is 0 Å². The van der Waals surface area contributed by atoms with Gasteiger partial charge in [-0.1, -0.05) is 37.1 Å². The average Bonchev–Trinajstić information content (AvgIpc) is 2.96. The molecule has 0 bridgehead atoms. The normalized spacial score (nSPS) is 10.5. The molecule has 0 saturated carbocycles. The number of nitrogens with one attached hydrogen (secondary N) is 2. The summed E-state index contributed by atoms with van der Waals surface area (Å²) in [6, 6.07) is 8.46. The number of aromatic nitrogens is 2. The van der Waals surface area contributed by atoms with Gasteiger partial charge in [0.25, 0.3) is 0 Å². The van der Waals surface area contributed by atoms with Crippen LogP contribution < -0.4 is 10.6 Å². The molecule has 0 aliphatic carbocycles. The molecular formula is C17H23ClN4S. The lowest BCUT2D eigenvalue weighted by molar-refractivity contribution is 0.574. The minimum absolute atomic E-state index is 0.643. The number of unbranched alkanes of at least 4 members (excludes halogenated alkanes) is 1. The van der Waals surface area contributed by atoms with Crippen molar-refractivity contribution in [1.82, 2.24) is 15.1 Å². The number of nitrogens with zero attached hydrogens (tertiary/aromatic N) is 2. The summed E-state index contributed by atoms with van der Waals surface area (Å²) in [5.41, 5.74) is 2.38. The second-order valence-corrected chi connectivity index (χ2v) is 6.30. The van der Waals surface area contributed by atoms with Crippen LogP contribution in [-0.2, 0) is 13.0 Å². The first kappa shape index (κ1) is 17.8. The van der Waals surface area contributed by atoms with E-state index < -0.39 is 0 Å². The fraction of sp³-hybridized carbons (Fsp3) is 0.412. The van der Waals surface area contributed by atoms with Crippen LogP contribution in [0.2, 0.25) is 5.02 Å². The van der Waals surface area contributed by atoms with Gasteiger partial charge in [-0.05, 0) is 49.2 Å². The number of hydrogen-bond donors (Lipinski definition) is 2. The van der Waals surface area contributed by atoms with Crippen LogP contribution in [0, 0.1) is 0 Å². The maximum Gasteiger partial charge on any atom is 0.170 e. The number of anilines is 1. The molecule has 124 valence electrons. The molecule has 6 heteroatoms. The van der Waals surface area contributed by atoms with Gasteiger partial charge < -0.3 is 10.6 Å². The largest absolute Gasteiger partial charge is 0.362 e. The third-order valence-corrected chi connectivity index (χ3v) is 3.92. The standard InChI is InChI=1S/C17H23ClN4S/c1-2-3-5-14-6-8-16(9-7-14)21-17(23)19-10-4-11-22-13-15(18)12-20-22/h6-9,12-13H,2-5,10-11H2,1H3,(H2,19,21,23). The second kappa shape index (κ2) is 9.53. The number of halogens is 1. The van der Waals surface area contributed by atoms with Crippen LogP contribution in [0.3, 0.4) is 0 Å². The molecular weight excluding hydrogens is 328 g/mol. The quantitative estimate of drug-likeness (QED) is 0.551. The van der Waals surface area contributed by atoms with Crippen LogP contribution in [0.1, 0.15) is 31.7 Å². The minimum Gasteiger partial charge on any atom is -0.362 e. The number of thiocarbonyl (C=S) groups is 1. The Hall–Kier alpha value is -1.59. The van der Waals surface area contributed by atoms with E-state index in [9.17, 15) is 0 Å². The van der Waals surface area contributed by atoms with Gasteiger partial charge >= 0.3 is 0 Å². The van der Waals surface area contributed by atoms with E-state index in [1.165, 1.54) is 18.4 Å². The molecule has 1 aromatic carbocycles. The molecule has 0 aliphatic heterocycles. The molecule has 23 heavy (non-hydrogen) atoms. The fourth-order valence-electron chi connectivity index (χ4n) is 2.21. The molecule has 2 aromatic rings. The Morgan fingerprint density at radius 2 is 2.04 bits per heavy atom. The smallest absolute Gasteiger partial charge is 0.170 e. The second-order valence-electron chi connectivity index (χ2n) is 5.46. The summed E-state index contributed by atoms with van der Waals surface area (Å²) in [6.45, 7) is 3.81. The van der Waals surface area contributed by atoms with E-state index >= 15 is 0 Å². The summed E-state index contributed by atoms with van der Waals surface area (Å²) >= 11 is 11.1. The van der Waals surface area contributed by atoms with E-state index in [0.29, 0.717) is 10.1 Å². The lowest BCUT2D eigenvalue weighted by Crippen LogP contribution is -2.29. The van der Waals surface area contributed by atoms with Gasteiger partial charge in [0.1, 0.15) is 0 Å². The maximum atomic E-state index is 5.82. The van der Waals surface area contributed by atoms with Gasteiger partial charge in [0.2, 0.25) is 0 Å². The van der Waals surface area contributed by atoms with Gasteiger partial charge in [0.05, 0.1) is 11.2 Å². The van der Waals surface area contributed by atoms with Crippen LogP contribution in [0.25, 0.3) is 0 Å². The van der Waals surface area contributed by atoms with Gasteiger partial charge in [0.15, 0.2) is 5.11 Å². The van der Waals surface area contributed by atoms with Crippen LogP contribution in [-0.4, -0.2) is 21.4 Å². The summed E-state index contributed by atoms with van der Waals surface area (Å²) in [5, 5.41) is 11.9. The van der Waals surface area contributed by atoms with Crippen molar-refractivity contribution in [3.05, 3.63) is 47.2 Å². The summed E-state index contributed by atoms with van der Waals surface area (Å²) in [6.07, 6.45) is 7.98. The molecule has 1 aromatic heterocycles. The Balaban J connectivity index is 1.66. The Labute approximate surface area is 148 Å². The van der Waals surface area contributed by atoms with Crippen molar-refractivity contribution in [2.45, 2.75) is 39.2 Å². The molecule has 2 rings (SSSR count). The SMILES string of the molecule is CCCCc1ccc(NC(=S)NCCCn2cc(Cl)cn2)cc1. The highest BCUT2D eigenvalue weighted by atomic mass is 35.5. The van der Waals surface area contributed by atoms with E-state index in [4.69, 9.17) is 23.8 Å². The van der Waals surface area contributed by atoms with Gasteiger partial charge in [-0.15, -0.1) is 0 Å². The van der Waals surface area contributed by atoms with Gasteiger partial charge in [-0.2, -0.15) is 5.10 Å². The first-order chi connectivity index (χ1) is 11.2. The summed E-state index contributed by atoms with van der Waals surface area (Å²) in [4.78, 5) is 0. The molecule has 1 heterocycles. The van der Waals surface area contributed by atoms with Crippen LogP contribution in [0.4, 0.5) is 5.69 Å². The number of hydrogen-bond acceptors (Lipinski definition) is 2. The van der Waals surface area contributed by atoms with Crippen molar-refractivity contribution in [2.24, 2.45) is 0 Å². The third kappa shape index (κ3) is 6.59. The maximum absolute atomic E-state index is 5.82. The highest BCUT2D eigenvalue weighted by Crippen LogP contribution is 2.11. The molecule has 0 fully saturated rings. The van der Waals surface area contributed by atoms with E-state index in [1.807, 2.05) is 10.9 Å². The Bertz CT molecular complexity index is 609. The predicted molar refractivity (Wildman–Crippen MR) is 101 cm³/mol. The predicted octanol–water partition coefficient (Wildman–Crippen LogP) is 4.26. The van der Waals surface area contributed by atoms with E-state index in [0.717, 1.165) is 31.6 Å². The highest BCUT2D eigenvalue weighted by molar-refractivity contribution is 7.80. The number of rotatable bonds is 8. The zero-order chi connectivity index (χ0) is 16.5. The van der Waals surface area contributed by atoms with Crippen molar-refractivity contribution in [1.29, 1.82) is 0 Å². The number of aryl methyl sites for hydroxylation is 2. The third-order valence-electron chi connectivity index (χ3n) is 3.48. The van der Waals surface area contributed by atoms with E-state index in [-0.39, 0.29) is 0 Å². The minimum atomic E-state index is 0.643. The number of benzene rings is 1. The van der Waals surface area contributed by atoms with Crippen LogP contribution in [0.5, 0.6) is 0 Å². The molecule has 0 amide bonds. The molecule has 4 nitrogen and oxygen atoms in total. The highest BCUT2D eigenvalue weighted by Gasteiger charge is 1.99. The Morgan fingerprint density at radius 1 is 1.26 bits per heavy atom. The van der Waals surface area contributed by atoms with E-state index in [1.54, 1.807) is 6.20 Å². The van der Waals surface area contributed by atoms with Crippen molar-refractivity contribution in [2.75, 3.05) is 11.9 Å². The van der Waals surface area contributed by atoms with Crippen LogP contribution >= 0.6 is 23.8 Å². The summed E-state index contributed by atoms with van der Waals surface area (Å²) < 4.78 is 1.83. The Kier molecular flexibility index (Phi) is 7.36. The molecule has 0 unspecified atom stereocenters. The van der Waals surface area contributed by atoms with Crippen LogP contribution in [0.15, 0.2) is 36.7 Å². The molecule has 0 spiro atoms. The van der Waals surface area contributed by atoms with Gasteiger partial charge in [-0.25, -0.2) is 0 Å². The van der Waals surface area contributed by atoms with Crippen molar-refractivity contribution in [3.63, 3.8) is 0 Å². The monoisotopic (exact) mass is 350 g/mol. The van der Waals surface area contributed by atoms with Gasteiger partial charge in [0, 0.05) is 25.0 Å². The lowest BCUT2D eigenvalue weighted by Gasteiger charge is -2.11. The zero-order valence-corrected chi connectivity index (χ0v) is 15.0. The molecule has 0 atom stereocenters. The summed E-state index contributed by atoms with van der Waals surface area (Å²) in [5.74, 6) is 0. The first-order valence-corrected chi connectivity index (χ1v) is 8.77. The molecule has 2 N–H and O–H groups in total. The zero-order valence-electron chi connectivity index (χ0n) is 13.4. The molecule has 0 radical (unpaired) electrons. The average molecular weight is 351 g/mol. The van der Waals surface area contributed by atoms with E-state index in [2.05, 4.69) is 46.9 Å². The lowest BCUT2D eigenvalue weighted by atomic mass is 10.1. The first-order valence-electron chi connectivity index (χ1n) is 7.99. The van der Waals surface area contributed by atoms with Crippen molar-refractivity contribution >= 4 is 34.6 Å².